The van der Waals surface area contributed by atoms with Crippen molar-refractivity contribution < 1.29 is 14.4 Å². The van der Waals surface area contributed by atoms with Gasteiger partial charge in [-0.15, -0.1) is 0 Å². The van der Waals surface area contributed by atoms with Gasteiger partial charge in [-0.05, 0) is 25.5 Å². The van der Waals surface area contributed by atoms with Crippen molar-refractivity contribution in [1.29, 1.82) is 0 Å². The van der Waals surface area contributed by atoms with Crippen LogP contribution in [0.5, 0.6) is 0 Å². The van der Waals surface area contributed by atoms with Crippen molar-refractivity contribution in [1.82, 2.24) is 15.0 Å². The van der Waals surface area contributed by atoms with Gasteiger partial charge in [-0.2, -0.15) is 0 Å². The molecule has 0 radical (unpaired) electrons. The van der Waals surface area contributed by atoms with E-state index in [0.29, 0.717) is 18.7 Å². The molecule has 2 heterocycles. The van der Waals surface area contributed by atoms with Gasteiger partial charge < -0.3 is 14.5 Å². The van der Waals surface area contributed by atoms with Gasteiger partial charge >= 0.3 is 5.97 Å². The van der Waals surface area contributed by atoms with Crippen LogP contribution in [0.2, 0.25) is 0 Å². The first-order valence-corrected chi connectivity index (χ1v) is 11.5. The molecule has 0 spiro atoms. The molecule has 4 aliphatic rings. The van der Waals surface area contributed by atoms with Gasteiger partial charge in [0, 0.05) is 49.8 Å². The summed E-state index contributed by atoms with van der Waals surface area (Å²) in [5.41, 5.74) is 3.48. The van der Waals surface area contributed by atoms with Crippen LogP contribution in [0.25, 0.3) is 0 Å². The number of aliphatic imine (C=N–C) groups is 1. The molecule has 7 heteroatoms. The first-order chi connectivity index (χ1) is 15.6. The van der Waals surface area contributed by atoms with Crippen molar-refractivity contribution in [3.8, 4) is 0 Å². The third-order valence-electron chi connectivity index (χ3n) is 7.00. The van der Waals surface area contributed by atoms with E-state index in [2.05, 4.69) is 46.3 Å². The number of carboxylic acids is 1. The molecule has 32 heavy (non-hydrogen) atoms. The lowest BCUT2D eigenvalue weighted by Crippen LogP contribution is -2.48. The zero-order valence-electron chi connectivity index (χ0n) is 18.5. The number of likely N-dealkylation sites (N-methyl/N-ethyl adjacent to an activating group) is 1. The maximum Gasteiger partial charge on any atom is 0.316 e. The third kappa shape index (κ3) is 4.02. The molecule has 1 saturated heterocycles. The van der Waals surface area contributed by atoms with Gasteiger partial charge in [-0.1, -0.05) is 47.7 Å². The molecule has 1 N–H and O–H groups in total. The van der Waals surface area contributed by atoms with Crippen molar-refractivity contribution in [3.05, 3.63) is 65.1 Å². The fraction of sp³-hybridized carbons (Fsp3) is 0.480. The summed E-state index contributed by atoms with van der Waals surface area (Å²) in [6.45, 7) is 4.37. The van der Waals surface area contributed by atoms with E-state index in [1.807, 2.05) is 18.2 Å². The standard InChI is InChI=1S/C25H30N4O3/c1-28-11-13-29(14-12-28)20-15-19(26-16-17-7-5-6-8-17)21(25(30)31)22-23(20)27-32-24(22)18-9-3-2-4-10-18/h2-7,9,18,20-21H,8,10-16H2,1H3,(H,30,31). The summed E-state index contributed by atoms with van der Waals surface area (Å²) < 4.78 is 5.89. The number of piperazine rings is 1. The molecule has 1 aromatic heterocycles. The van der Waals surface area contributed by atoms with Crippen molar-refractivity contribution in [2.45, 2.75) is 37.1 Å². The highest BCUT2D eigenvalue weighted by molar-refractivity contribution is 6.08. The summed E-state index contributed by atoms with van der Waals surface area (Å²) in [4.78, 5) is 22.2. The number of nitrogens with zero attached hydrogens (tertiary/aromatic N) is 4. The van der Waals surface area contributed by atoms with Crippen LogP contribution in [0, 0.1) is 0 Å². The summed E-state index contributed by atoms with van der Waals surface area (Å²) in [5, 5.41) is 14.8. The molecule has 168 valence electrons. The third-order valence-corrected chi connectivity index (χ3v) is 7.00. The Morgan fingerprint density at radius 2 is 2.06 bits per heavy atom. The fourth-order valence-corrected chi connectivity index (χ4v) is 5.14. The van der Waals surface area contributed by atoms with Gasteiger partial charge in [0.05, 0.1) is 12.6 Å². The molecule has 3 unspecified atom stereocenters. The molecular weight excluding hydrogens is 404 g/mol. The van der Waals surface area contributed by atoms with E-state index in [1.54, 1.807) is 0 Å². The maximum atomic E-state index is 12.6. The van der Waals surface area contributed by atoms with E-state index in [9.17, 15) is 9.90 Å². The Morgan fingerprint density at radius 1 is 1.22 bits per heavy atom. The first kappa shape index (κ1) is 21.1. The molecule has 3 atom stereocenters. The monoisotopic (exact) mass is 434 g/mol. The van der Waals surface area contributed by atoms with Gasteiger partial charge in [-0.25, -0.2) is 0 Å². The predicted molar refractivity (Wildman–Crippen MR) is 123 cm³/mol. The molecule has 0 bridgehead atoms. The molecular formula is C25H30N4O3. The molecule has 0 saturated carbocycles. The number of allylic oxidation sites excluding steroid dienone is 7. The number of carbonyl (C=O) groups is 1. The highest BCUT2D eigenvalue weighted by Crippen LogP contribution is 2.44. The zero-order chi connectivity index (χ0) is 22.1. The summed E-state index contributed by atoms with van der Waals surface area (Å²) in [7, 11) is 2.14. The van der Waals surface area contributed by atoms with Crippen molar-refractivity contribution in [2.24, 2.45) is 4.99 Å². The molecule has 7 nitrogen and oxygen atoms in total. The number of hydrogen-bond donors (Lipinski definition) is 1. The average Bonchev–Trinajstić information content (AvgIpc) is 3.48. The summed E-state index contributed by atoms with van der Waals surface area (Å²) in [5.74, 6) is -0.988. The Hall–Kier alpha value is -2.77. The second kappa shape index (κ2) is 9.00. The molecule has 1 aromatic rings. The van der Waals surface area contributed by atoms with Gasteiger partial charge in [0.2, 0.25) is 0 Å². The van der Waals surface area contributed by atoms with Crippen LogP contribution in [0.1, 0.15) is 54.2 Å². The lowest BCUT2D eigenvalue weighted by molar-refractivity contribution is -0.137. The quantitative estimate of drug-likeness (QED) is 0.764. The van der Waals surface area contributed by atoms with Gasteiger partial charge in [0.25, 0.3) is 0 Å². The summed E-state index contributed by atoms with van der Waals surface area (Å²) >= 11 is 0. The largest absolute Gasteiger partial charge is 0.480 e. The van der Waals surface area contributed by atoms with E-state index >= 15 is 0 Å². The smallest absolute Gasteiger partial charge is 0.316 e. The van der Waals surface area contributed by atoms with Crippen LogP contribution >= 0.6 is 0 Å². The van der Waals surface area contributed by atoms with E-state index in [0.717, 1.165) is 56.0 Å². The minimum atomic E-state index is -0.875. The number of hydrogen-bond acceptors (Lipinski definition) is 6. The van der Waals surface area contributed by atoms with Crippen LogP contribution < -0.4 is 0 Å². The van der Waals surface area contributed by atoms with E-state index in [1.165, 1.54) is 5.57 Å². The Bertz CT molecular complexity index is 1020. The van der Waals surface area contributed by atoms with Crippen LogP contribution in [-0.2, 0) is 4.79 Å². The highest BCUT2D eigenvalue weighted by Gasteiger charge is 2.44. The Balaban J connectivity index is 1.55. The van der Waals surface area contributed by atoms with Gasteiger partial charge in [0.15, 0.2) is 0 Å². The van der Waals surface area contributed by atoms with Gasteiger partial charge in [-0.3, -0.25) is 14.7 Å². The molecule has 0 amide bonds. The fourth-order valence-electron chi connectivity index (χ4n) is 5.14. The maximum absolute atomic E-state index is 12.6. The molecule has 1 fully saturated rings. The minimum Gasteiger partial charge on any atom is -0.480 e. The van der Waals surface area contributed by atoms with Crippen molar-refractivity contribution in [2.75, 3.05) is 39.8 Å². The topological polar surface area (TPSA) is 82.2 Å². The SMILES string of the molecule is CN1CCN(C2CC(=NCC3=CC=CC3)C(C(=O)O)c3c2noc3C2C=CC=CC2)CC1. The number of rotatable bonds is 5. The van der Waals surface area contributed by atoms with Crippen LogP contribution in [-0.4, -0.2) is 71.5 Å². The summed E-state index contributed by atoms with van der Waals surface area (Å²) in [6.07, 6.45) is 16.7. The number of aromatic nitrogens is 1. The normalized spacial score (nSPS) is 29.5. The zero-order valence-corrected chi connectivity index (χ0v) is 18.5. The number of aliphatic carboxylic acids is 1. The minimum absolute atomic E-state index is 0.00402. The van der Waals surface area contributed by atoms with Crippen LogP contribution in [0.4, 0.5) is 0 Å². The molecule has 1 aliphatic heterocycles. The lowest BCUT2D eigenvalue weighted by atomic mass is 9.78. The van der Waals surface area contributed by atoms with Crippen molar-refractivity contribution in [3.63, 3.8) is 0 Å². The Labute approximate surface area is 188 Å². The molecule has 3 aliphatic carbocycles. The van der Waals surface area contributed by atoms with E-state index in [4.69, 9.17) is 9.52 Å². The lowest BCUT2D eigenvalue weighted by Gasteiger charge is -2.40. The Morgan fingerprint density at radius 3 is 2.75 bits per heavy atom. The summed E-state index contributed by atoms with van der Waals surface area (Å²) in [6, 6.07) is 0.00402. The van der Waals surface area contributed by atoms with Crippen LogP contribution in [0.15, 0.2) is 57.6 Å². The average molecular weight is 435 g/mol. The Kier molecular flexibility index (Phi) is 5.93. The second-order valence-electron chi connectivity index (χ2n) is 9.10. The van der Waals surface area contributed by atoms with E-state index in [-0.39, 0.29) is 12.0 Å². The van der Waals surface area contributed by atoms with E-state index < -0.39 is 11.9 Å². The number of fused-ring (bicyclic) bond motifs is 1. The van der Waals surface area contributed by atoms with Crippen molar-refractivity contribution >= 4 is 11.7 Å². The van der Waals surface area contributed by atoms with Crippen LogP contribution in [0.3, 0.4) is 0 Å². The molecule has 0 aromatic carbocycles. The molecule has 5 rings (SSSR count). The highest BCUT2D eigenvalue weighted by atomic mass is 16.5. The first-order valence-electron chi connectivity index (χ1n) is 11.5. The number of carboxylic acid groups (broad SMARTS) is 1. The second-order valence-corrected chi connectivity index (χ2v) is 9.10. The van der Waals surface area contributed by atoms with Gasteiger partial charge in [0.1, 0.15) is 17.4 Å². The predicted octanol–water partition coefficient (Wildman–Crippen LogP) is 3.46.